The third-order valence-corrected chi connectivity index (χ3v) is 5.45. The summed E-state index contributed by atoms with van der Waals surface area (Å²) in [6.45, 7) is 2.61. The predicted octanol–water partition coefficient (Wildman–Crippen LogP) is 4.55. The number of allylic oxidation sites excluding steroid dienone is 1. The molecule has 162 valence electrons. The van der Waals surface area contributed by atoms with Crippen LogP contribution in [0.15, 0.2) is 36.1 Å². The van der Waals surface area contributed by atoms with Crippen LogP contribution in [0, 0.1) is 15.5 Å². The number of ether oxygens (including phenoxy) is 2. The van der Waals surface area contributed by atoms with Crippen molar-refractivity contribution in [3.05, 3.63) is 56.8 Å². The molecule has 0 amide bonds. The Labute approximate surface area is 173 Å². The van der Waals surface area contributed by atoms with Crippen molar-refractivity contribution in [1.82, 2.24) is 0 Å². The molecular formula is C19H17ClF3NO6. The molecule has 7 nitrogen and oxygen atoms in total. The summed E-state index contributed by atoms with van der Waals surface area (Å²) in [7, 11) is 0. The van der Waals surface area contributed by atoms with Crippen molar-refractivity contribution < 1.29 is 37.5 Å². The van der Waals surface area contributed by atoms with E-state index >= 15 is 0 Å². The molecule has 0 saturated carbocycles. The number of carbonyl (C=O) groups is 1. The van der Waals surface area contributed by atoms with Gasteiger partial charge in [0.1, 0.15) is 22.5 Å². The molecule has 0 bridgehead atoms. The van der Waals surface area contributed by atoms with Crippen LogP contribution in [0.25, 0.3) is 0 Å². The minimum absolute atomic E-state index is 0.0142. The van der Waals surface area contributed by atoms with E-state index in [-0.39, 0.29) is 34.2 Å². The quantitative estimate of drug-likeness (QED) is 0.537. The van der Waals surface area contributed by atoms with Crippen molar-refractivity contribution in [3.63, 3.8) is 0 Å². The Morgan fingerprint density at radius 1 is 1.40 bits per heavy atom. The van der Waals surface area contributed by atoms with E-state index in [2.05, 4.69) is 0 Å². The number of nitro groups is 1. The van der Waals surface area contributed by atoms with Gasteiger partial charge in [-0.2, -0.15) is 13.2 Å². The second-order valence-electron chi connectivity index (χ2n) is 7.67. The number of aliphatic carboxylic acids is 1. The highest BCUT2D eigenvalue weighted by Gasteiger charge is 2.59. The third-order valence-electron chi connectivity index (χ3n) is 5.16. The zero-order chi connectivity index (χ0) is 22.5. The molecule has 1 N–H and O–H groups in total. The van der Waals surface area contributed by atoms with Gasteiger partial charge in [-0.15, -0.1) is 0 Å². The fourth-order valence-electron chi connectivity index (χ4n) is 3.43. The normalized spacial score (nSPS) is 28.2. The second kappa shape index (κ2) is 7.19. The average Bonchev–Trinajstić information content (AvgIpc) is 2.61. The average molecular weight is 448 g/mol. The Kier molecular flexibility index (Phi) is 5.26. The first-order valence-electron chi connectivity index (χ1n) is 8.77. The van der Waals surface area contributed by atoms with Gasteiger partial charge < -0.3 is 14.6 Å². The summed E-state index contributed by atoms with van der Waals surface area (Å²) >= 11 is 6.22. The zero-order valence-electron chi connectivity index (χ0n) is 15.8. The van der Waals surface area contributed by atoms with Crippen LogP contribution in [0.5, 0.6) is 11.5 Å². The van der Waals surface area contributed by atoms with Crippen LogP contribution < -0.4 is 9.47 Å². The minimum atomic E-state index is -4.91. The van der Waals surface area contributed by atoms with Crippen LogP contribution in [-0.4, -0.2) is 33.9 Å². The van der Waals surface area contributed by atoms with Gasteiger partial charge in [0, 0.05) is 18.6 Å². The van der Waals surface area contributed by atoms with Gasteiger partial charge in [-0.25, -0.2) is 0 Å². The maximum absolute atomic E-state index is 13.5. The molecule has 1 heterocycles. The van der Waals surface area contributed by atoms with Crippen molar-refractivity contribution >= 4 is 17.6 Å². The number of rotatable bonds is 4. The topological polar surface area (TPSA) is 98.9 Å². The van der Waals surface area contributed by atoms with E-state index < -0.39 is 40.6 Å². The van der Waals surface area contributed by atoms with Gasteiger partial charge in [0.25, 0.3) is 5.70 Å². The molecule has 1 aliphatic carbocycles. The number of benzene rings is 1. The van der Waals surface area contributed by atoms with E-state index in [9.17, 15) is 33.2 Å². The molecule has 0 fully saturated rings. The van der Waals surface area contributed by atoms with Crippen molar-refractivity contribution in [2.24, 2.45) is 5.41 Å². The minimum Gasteiger partial charge on any atom is -0.481 e. The number of carboxylic acids is 1. The number of carboxylic acid groups (broad SMARTS) is 1. The van der Waals surface area contributed by atoms with Gasteiger partial charge in [-0.1, -0.05) is 11.6 Å². The predicted molar refractivity (Wildman–Crippen MR) is 99.2 cm³/mol. The lowest BCUT2D eigenvalue weighted by atomic mass is 9.76. The molecule has 30 heavy (non-hydrogen) atoms. The Morgan fingerprint density at radius 3 is 2.57 bits per heavy atom. The maximum atomic E-state index is 13.5. The summed E-state index contributed by atoms with van der Waals surface area (Å²) in [6, 6.07) is 2.50. The molecule has 0 saturated heterocycles. The second-order valence-corrected chi connectivity index (χ2v) is 8.07. The molecule has 0 aromatic heterocycles. The molecule has 1 aromatic rings. The van der Waals surface area contributed by atoms with Crippen LogP contribution in [0.1, 0.15) is 25.8 Å². The Hall–Kier alpha value is -2.75. The molecule has 1 aliphatic heterocycles. The van der Waals surface area contributed by atoms with Gasteiger partial charge in [-0.05, 0) is 44.1 Å². The molecule has 1 aromatic carbocycles. The highest BCUT2D eigenvalue weighted by Crippen LogP contribution is 2.48. The summed E-state index contributed by atoms with van der Waals surface area (Å²) in [6.07, 6.45) is -3.68. The molecule has 11 heteroatoms. The van der Waals surface area contributed by atoms with Crippen molar-refractivity contribution in [2.45, 2.75) is 44.6 Å². The molecule has 3 atom stereocenters. The van der Waals surface area contributed by atoms with Crippen molar-refractivity contribution in [3.8, 4) is 11.5 Å². The Morgan fingerprint density at radius 2 is 2.07 bits per heavy atom. The van der Waals surface area contributed by atoms with Crippen LogP contribution >= 0.6 is 11.6 Å². The first-order valence-corrected chi connectivity index (χ1v) is 9.15. The lowest BCUT2D eigenvalue weighted by molar-refractivity contribution is -0.419. The molecule has 0 radical (unpaired) electrons. The Bertz CT molecular complexity index is 976. The summed E-state index contributed by atoms with van der Waals surface area (Å²) in [5.41, 5.74) is -3.14. The van der Waals surface area contributed by atoms with E-state index in [4.69, 9.17) is 21.1 Å². The van der Waals surface area contributed by atoms with Crippen molar-refractivity contribution in [1.29, 1.82) is 0 Å². The standard InChI is InChI=1S/C19H17ClF3NO6/c1-17(5-3-11(4-6-17)24(27)28)30-14-8-13-10(7-12(14)20)9-18(2,16(25)26)15(29-13)19(21,22)23/h3-5,7-8,15H,6,9H2,1-2H3,(H,25,26). The summed E-state index contributed by atoms with van der Waals surface area (Å²) in [4.78, 5) is 21.9. The summed E-state index contributed by atoms with van der Waals surface area (Å²) in [5, 5.41) is 20.3. The van der Waals surface area contributed by atoms with E-state index in [1.54, 1.807) is 6.92 Å². The largest absolute Gasteiger partial charge is 0.481 e. The van der Waals surface area contributed by atoms with Crippen LogP contribution in [0.2, 0.25) is 5.02 Å². The van der Waals surface area contributed by atoms with Gasteiger partial charge >= 0.3 is 12.1 Å². The molecule has 0 spiro atoms. The lowest BCUT2D eigenvalue weighted by Crippen LogP contribution is -2.55. The lowest BCUT2D eigenvalue weighted by Gasteiger charge is -2.40. The van der Waals surface area contributed by atoms with E-state index in [0.717, 1.165) is 6.92 Å². The summed E-state index contributed by atoms with van der Waals surface area (Å²) in [5.74, 6) is -1.80. The monoisotopic (exact) mass is 447 g/mol. The number of fused-ring (bicyclic) bond motifs is 1. The number of nitrogens with zero attached hydrogens (tertiary/aromatic N) is 1. The Balaban J connectivity index is 1.93. The molecule has 3 unspecified atom stereocenters. The van der Waals surface area contributed by atoms with E-state index in [1.165, 1.54) is 30.4 Å². The highest BCUT2D eigenvalue weighted by molar-refractivity contribution is 6.32. The smallest absolute Gasteiger partial charge is 0.426 e. The van der Waals surface area contributed by atoms with Crippen LogP contribution in [0.3, 0.4) is 0 Å². The van der Waals surface area contributed by atoms with E-state index in [0.29, 0.717) is 0 Å². The summed E-state index contributed by atoms with van der Waals surface area (Å²) < 4.78 is 51.4. The van der Waals surface area contributed by atoms with Crippen LogP contribution in [-0.2, 0) is 11.2 Å². The van der Waals surface area contributed by atoms with Crippen molar-refractivity contribution in [2.75, 3.05) is 0 Å². The van der Waals surface area contributed by atoms with Gasteiger partial charge in [0.05, 0.1) is 9.95 Å². The van der Waals surface area contributed by atoms with Gasteiger partial charge in [0.15, 0.2) is 0 Å². The number of hydrogen-bond donors (Lipinski definition) is 1. The molecular weight excluding hydrogens is 431 g/mol. The first-order chi connectivity index (χ1) is 13.7. The number of alkyl halides is 3. The van der Waals surface area contributed by atoms with Gasteiger partial charge in [0.2, 0.25) is 6.10 Å². The number of hydrogen-bond acceptors (Lipinski definition) is 5. The molecule has 2 aliphatic rings. The highest BCUT2D eigenvalue weighted by atomic mass is 35.5. The van der Waals surface area contributed by atoms with E-state index in [1.807, 2.05) is 0 Å². The SMILES string of the molecule is CC1(Oc2cc3c(cc2Cl)CC(C)(C(=O)O)C(C(F)(F)F)O3)C=CC([N+](=O)[O-])=CC1. The fourth-order valence-corrected chi connectivity index (χ4v) is 3.66. The van der Waals surface area contributed by atoms with Gasteiger partial charge in [-0.3, -0.25) is 14.9 Å². The van der Waals surface area contributed by atoms with Crippen LogP contribution in [0.4, 0.5) is 13.2 Å². The molecule has 3 rings (SSSR count). The number of halogens is 4. The zero-order valence-corrected chi connectivity index (χ0v) is 16.6. The first kappa shape index (κ1) is 21.9. The third kappa shape index (κ3) is 3.96. The fraction of sp³-hybridized carbons (Fsp3) is 0.421. The maximum Gasteiger partial charge on any atom is 0.426 e.